The summed E-state index contributed by atoms with van der Waals surface area (Å²) in [5.41, 5.74) is 4.56. The molecule has 0 unspecified atom stereocenters. The highest BCUT2D eigenvalue weighted by atomic mass is 127. The molecular weight excluding hydrogens is 495 g/mol. The summed E-state index contributed by atoms with van der Waals surface area (Å²) >= 11 is 1.73. The molecule has 156 valence electrons. The number of aromatic nitrogens is 3. The third-order valence-electron chi connectivity index (χ3n) is 4.64. The Morgan fingerprint density at radius 1 is 1.10 bits per heavy atom. The van der Waals surface area contributed by atoms with Crippen LogP contribution in [0.3, 0.4) is 0 Å². The van der Waals surface area contributed by atoms with Crippen molar-refractivity contribution >= 4 is 41.3 Å². The Morgan fingerprint density at radius 3 is 2.52 bits per heavy atom. The first-order chi connectivity index (χ1) is 13.6. The zero-order chi connectivity index (χ0) is 19.9. The fourth-order valence-corrected chi connectivity index (χ4v) is 3.81. The Balaban J connectivity index is 0.00000300. The fraction of sp³-hybridized carbons (Fsp3) is 0.381. The van der Waals surface area contributed by atoms with E-state index in [-0.39, 0.29) is 24.0 Å². The quantitative estimate of drug-likeness (QED) is 0.211. The number of halogens is 1. The summed E-state index contributed by atoms with van der Waals surface area (Å²) in [5.74, 6) is 0.808. The summed E-state index contributed by atoms with van der Waals surface area (Å²) < 4.78 is 1.95. The Labute approximate surface area is 193 Å². The monoisotopic (exact) mass is 524 g/mol. The van der Waals surface area contributed by atoms with Crippen LogP contribution in [0.4, 0.5) is 0 Å². The molecule has 0 bridgehead atoms. The summed E-state index contributed by atoms with van der Waals surface area (Å²) in [6, 6.07) is 10.2. The second-order valence-corrected chi connectivity index (χ2v) is 8.01. The number of nitrogens with zero attached hydrogens (tertiary/aromatic N) is 4. The molecule has 6 nitrogen and oxygen atoms in total. The molecule has 0 aliphatic heterocycles. The van der Waals surface area contributed by atoms with E-state index in [0.29, 0.717) is 6.54 Å². The number of guanidine groups is 1. The highest BCUT2D eigenvalue weighted by molar-refractivity contribution is 14.0. The molecule has 0 fully saturated rings. The lowest BCUT2D eigenvalue weighted by Crippen LogP contribution is -2.37. The summed E-state index contributed by atoms with van der Waals surface area (Å²) in [7, 11) is 1.79. The smallest absolute Gasteiger partial charge is 0.191 e. The second kappa shape index (κ2) is 11.3. The van der Waals surface area contributed by atoms with E-state index in [0.717, 1.165) is 47.4 Å². The predicted octanol–water partition coefficient (Wildman–Crippen LogP) is 4.17. The Bertz CT molecular complexity index is 913. The highest BCUT2D eigenvalue weighted by Crippen LogP contribution is 2.16. The normalized spacial score (nSPS) is 11.2. The van der Waals surface area contributed by atoms with Gasteiger partial charge in [-0.2, -0.15) is 5.10 Å². The van der Waals surface area contributed by atoms with Gasteiger partial charge in [0, 0.05) is 24.7 Å². The van der Waals surface area contributed by atoms with Crippen LogP contribution >= 0.6 is 35.3 Å². The number of aryl methyl sites for hydroxylation is 4. The molecule has 0 spiro atoms. The van der Waals surface area contributed by atoms with Gasteiger partial charge in [-0.05, 0) is 51.3 Å². The molecule has 3 aromatic rings. The van der Waals surface area contributed by atoms with Crippen molar-refractivity contribution in [2.45, 2.75) is 40.2 Å². The Kier molecular flexibility index (Phi) is 9.09. The van der Waals surface area contributed by atoms with E-state index < -0.39 is 0 Å². The lowest BCUT2D eigenvalue weighted by molar-refractivity contribution is 0.739. The average Bonchev–Trinajstić information content (AvgIpc) is 3.23. The van der Waals surface area contributed by atoms with Crippen molar-refractivity contribution in [3.8, 4) is 5.69 Å². The number of aliphatic imine (C=N–C) groups is 1. The van der Waals surface area contributed by atoms with E-state index in [1.54, 1.807) is 18.4 Å². The summed E-state index contributed by atoms with van der Waals surface area (Å²) in [4.78, 5) is 10.1. The number of benzene rings is 1. The third kappa shape index (κ3) is 6.53. The van der Waals surface area contributed by atoms with Gasteiger partial charge in [0.05, 0.1) is 23.6 Å². The maximum atomic E-state index is 4.64. The SMILES string of the molecule is CN=C(NCCCc1cn(-c2ccccc2)nc1C)NCc1nc(C)c(C)s1.I. The van der Waals surface area contributed by atoms with Crippen LogP contribution < -0.4 is 10.6 Å². The predicted molar refractivity (Wildman–Crippen MR) is 132 cm³/mol. The molecule has 0 amide bonds. The molecule has 2 heterocycles. The van der Waals surface area contributed by atoms with Crippen LogP contribution in [-0.2, 0) is 13.0 Å². The van der Waals surface area contributed by atoms with E-state index in [9.17, 15) is 0 Å². The molecule has 0 aliphatic carbocycles. The summed E-state index contributed by atoms with van der Waals surface area (Å²) in [6.07, 6.45) is 4.12. The maximum absolute atomic E-state index is 4.64. The zero-order valence-electron chi connectivity index (χ0n) is 17.4. The number of hydrogen-bond acceptors (Lipinski definition) is 4. The van der Waals surface area contributed by atoms with Crippen LogP contribution in [0.5, 0.6) is 0 Å². The van der Waals surface area contributed by atoms with Crippen molar-refractivity contribution in [1.29, 1.82) is 0 Å². The standard InChI is InChI=1S/C21H28N6S.HI/c1-15-17(3)28-20(25-15)13-24-21(22-4)23-12-8-9-18-14-27(26-16(18)2)19-10-6-5-7-11-19;/h5-7,10-11,14H,8-9,12-13H2,1-4H3,(H2,22,23,24);1H. The molecule has 2 aromatic heterocycles. The molecule has 1 aromatic carbocycles. The molecule has 0 aliphatic rings. The minimum Gasteiger partial charge on any atom is -0.356 e. The van der Waals surface area contributed by atoms with Gasteiger partial charge in [-0.3, -0.25) is 4.99 Å². The van der Waals surface area contributed by atoms with Crippen molar-refractivity contribution in [1.82, 2.24) is 25.4 Å². The van der Waals surface area contributed by atoms with Crippen LogP contribution in [0.1, 0.15) is 33.3 Å². The Morgan fingerprint density at radius 2 is 1.86 bits per heavy atom. The molecule has 0 atom stereocenters. The van der Waals surface area contributed by atoms with Gasteiger partial charge in [0.2, 0.25) is 0 Å². The van der Waals surface area contributed by atoms with E-state index in [2.05, 4.69) is 57.9 Å². The average molecular weight is 524 g/mol. The minimum absolute atomic E-state index is 0. The van der Waals surface area contributed by atoms with Crippen molar-refractivity contribution in [2.24, 2.45) is 4.99 Å². The molecule has 0 saturated heterocycles. The number of hydrogen-bond donors (Lipinski definition) is 2. The van der Waals surface area contributed by atoms with Gasteiger partial charge < -0.3 is 10.6 Å². The molecule has 0 saturated carbocycles. The molecule has 0 radical (unpaired) electrons. The third-order valence-corrected chi connectivity index (χ3v) is 5.71. The highest BCUT2D eigenvalue weighted by Gasteiger charge is 2.07. The second-order valence-electron chi connectivity index (χ2n) is 6.73. The van der Waals surface area contributed by atoms with E-state index >= 15 is 0 Å². The van der Waals surface area contributed by atoms with Crippen LogP contribution in [0.15, 0.2) is 41.5 Å². The first kappa shape index (κ1) is 23.3. The lowest BCUT2D eigenvalue weighted by atomic mass is 10.1. The van der Waals surface area contributed by atoms with Gasteiger partial charge in [0.15, 0.2) is 5.96 Å². The number of para-hydroxylation sites is 1. The van der Waals surface area contributed by atoms with Crippen molar-refractivity contribution in [3.63, 3.8) is 0 Å². The molecular formula is C21H29IN6S. The van der Waals surface area contributed by atoms with E-state index in [1.807, 2.05) is 29.8 Å². The zero-order valence-corrected chi connectivity index (χ0v) is 20.5. The summed E-state index contributed by atoms with van der Waals surface area (Å²) in [5, 5.41) is 12.4. The van der Waals surface area contributed by atoms with Crippen LogP contribution in [-0.4, -0.2) is 34.3 Å². The first-order valence-electron chi connectivity index (χ1n) is 9.55. The van der Waals surface area contributed by atoms with Crippen molar-refractivity contribution in [2.75, 3.05) is 13.6 Å². The van der Waals surface area contributed by atoms with Gasteiger partial charge in [-0.1, -0.05) is 18.2 Å². The van der Waals surface area contributed by atoms with Gasteiger partial charge in [-0.25, -0.2) is 9.67 Å². The van der Waals surface area contributed by atoms with Crippen LogP contribution in [0.2, 0.25) is 0 Å². The molecule has 29 heavy (non-hydrogen) atoms. The summed E-state index contributed by atoms with van der Waals surface area (Å²) in [6.45, 7) is 7.77. The van der Waals surface area contributed by atoms with Gasteiger partial charge in [0.25, 0.3) is 0 Å². The molecule has 2 N–H and O–H groups in total. The van der Waals surface area contributed by atoms with Crippen molar-refractivity contribution < 1.29 is 0 Å². The first-order valence-corrected chi connectivity index (χ1v) is 10.4. The van der Waals surface area contributed by atoms with Crippen molar-refractivity contribution in [3.05, 3.63) is 63.4 Å². The van der Waals surface area contributed by atoms with Gasteiger partial charge >= 0.3 is 0 Å². The number of nitrogens with one attached hydrogen (secondary N) is 2. The van der Waals surface area contributed by atoms with Crippen LogP contribution in [0, 0.1) is 20.8 Å². The van der Waals surface area contributed by atoms with Crippen LogP contribution in [0.25, 0.3) is 5.69 Å². The topological polar surface area (TPSA) is 67.1 Å². The minimum atomic E-state index is 0. The molecule has 8 heteroatoms. The number of rotatable bonds is 7. The largest absolute Gasteiger partial charge is 0.356 e. The van der Waals surface area contributed by atoms with E-state index in [4.69, 9.17) is 0 Å². The molecule has 3 rings (SSSR count). The maximum Gasteiger partial charge on any atom is 0.191 e. The van der Waals surface area contributed by atoms with Gasteiger partial charge in [-0.15, -0.1) is 35.3 Å². The lowest BCUT2D eigenvalue weighted by Gasteiger charge is -2.10. The van der Waals surface area contributed by atoms with E-state index in [1.165, 1.54) is 10.4 Å². The number of thiazole rings is 1. The fourth-order valence-electron chi connectivity index (χ4n) is 2.93. The van der Waals surface area contributed by atoms with Gasteiger partial charge in [0.1, 0.15) is 5.01 Å². The Hall–Kier alpha value is -1.94.